The molecule has 0 fully saturated rings. The Labute approximate surface area is 296 Å². The number of aryl methyl sites for hydroxylation is 2. The molecule has 0 radical (unpaired) electrons. The molecule has 0 bridgehead atoms. The highest BCUT2D eigenvalue weighted by atomic mass is 16.2. The highest BCUT2D eigenvalue weighted by Crippen LogP contribution is 2.14. The lowest BCUT2D eigenvalue weighted by molar-refractivity contribution is -0.122. The second kappa shape index (κ2) is 19.0. The first kappa shape index (κ1) is 37.5. The van der Waals surface area contributed by atoms with Crippen molar-refractivity contribution in [2.45, 2.75) is 58.8 Å². The normalized spacial score (nSPS) is 10.4. The third kappa shape index (κ3) is 12.6. The van der Waals surface area contributed by atoms with E-state index in [1.807, 2.05) is 38.1 Å². The Hall–Kier alpha value is -6.30. The van der Waals surface area contributed by atoms with Gasteiger partial charge in [0.1, 0.15) is 0 Å². The molecule has 0 aliphatic carbocycles. The molecule has 6 N–H and O–H groups in total. The zero-order chi connectivity index (χ0) is 36.6. The van der Waals surface area contributed by atoms with Crippen LogP contribution in [0.2, 0.25) is 0 Å². The number of hydrogen-bond acceptors (Lipinski definition) is 6. The number of hydrazine groups is 2. The summed E-state index contributed by atoms with van der Waals surface area (Å²) in [6, 6.07) is 27.1. The van der Waals surface area contributed by atoms with Gasteiger partial charge in [-0.15, -0.1) is 0 Å². The summed E-state index contributed by atoms with van der Waals surface area (Å²) in [5.74, 6) is -2.10. The summed E-state index contributed by atoms with van der Waals surface area (Å²) in [6.07, 6.45) is 4.07. The van der Waals surface area contributed by atoms with Crippen LogP contribution in [0.4, 0.5) is 11.4 Å². The van der Waals surface area contributed by atoms with Crippen LogP contribution >= 0.6 is 0 Å². The minimum absolute atomic E-state index is 0.233. The van der Waals surface area contributed by atoms with E-state index in [0.717, 1.165) is 30.4 Å². The van der Waals surface area contributed by atoms with Crippen molar-refractivity contribution in [3.05, 3.63) is 130 Å². The van der Waals surface area contributed by atoms with Gasteiger partial charge in [-0.1, -0.05) is 54.7 Å². The Balaban J connectivity index is 1.02. The zero-order valence-corrected chi connectivity index (χ0v) is 28.6. The smallest absolute Gasteiger partial charge is 0.269 e. The summed E-state index contributed by atoms with van der Waals surface area (Å²) in [5.41, 5.74) is 14.4. The van der Waals surface area contributed by atoms with E-state index in [0.29, 0.717) is 46.5 Å². The van der Waals surface area contributed by atoms with Crippen molar-refractivity contribution in [2.75, 3.05) is 10.6 Å². The predicted octanol–water partition coefficient (Wildman–Crippen LogP) is 5.76. The lowest BCUT2D eigenvalue weighted by Crippen LogP contribution is -2.41. The maximum atomic E-state index is 12.4. The number of unbranched alkanes of at least 4 members (excludes halogenated alkanes) is 4. The number of carbonyl (C=O) groups is 6. The molecule has 0 unspecified atom stereocenters. The van der Waals surface area contributed by atoms with Crippen molar-refractivity contribution in [2.24, 2.45) is 0 Å². The molecule has 12 nitrogen and oxygen atoms in total. The van der Waals surface area contributed by atoms with Crippen LogP contribution in [0.3, 0.4) is 0 Å². The Morgan fingerprint density at radius 2 is 0.784 bits per heavy atom. The summed E-state index contributed by atoms with van der Waals surface area (Å²) < 4.78 is 0. The molecule has 0 saturated carbocycles. The van der Waals surface area contributed by atoms with Gasteiger partial charge in [0.15, 0.2) is 0 Å². The zero-order valence-electron chi connectivity index (χ0n) is 28.6. The van der Waals surface area contributed by atoms with E-state index in [4.69, 9.17) is 0 Å². The van der Waals surface area contributed by atoms with Crippen LogP contribution in [0, 0.1) is 13.8 Å². The SMILES string of the molecule is Cc1cccc(C(=O)Nc2ccc(C(=O)NNC(=O)CCCCCCCC(=O)NNC(=O)c3ccc(NC(=O)c4cccc(C)c4)cc3)cc2)c1. The van der Waals surface area contributed by atoms with Crippen molar-refractivity contribution in [3.63, 3.8) is 0 Å². The minimum atomic E-state index is -0.480. The quantitative estimate of drug-likeness (QED) is 0.0725. The van der Waals surface area contributed by atoms with Gasteiger partial charge in [0, 0.05) is 46.5 Å². The highest BCUT2D eigenvalue weighted by Gasteiger charge is 2.12. The van der Waals surface area contributed by atoms with Crippen molar-refractivity contribution < 1.29 is 28.8 Å². The minimum Gasteiger partial charge on any atom is -0.322 e. The summed E-state index contributed by atoms with van der Waals surface area (Å²) in [6.45, 7) is 3.81. The molecule has 264 valence electrons. The van der Waals surface area contributed by atoms with E-state index < -0.39 is 11.8 Å². The second-order valence-electron chi connectivity index (χ2n) is 12.1. The average Bonchev–Trinajstić information content (AvgIpc) is 3.13. The van der Waals surface area contributed by atoms with Crippen LogP contribution in [0.15, 0.2) is 97.1 Å². The van der Waals surface area contributed by atoms with Gasteiger partial charge in [-0.05, 0) is 99.5 Å². The Kier molecular flexibility index (Phi) is 14.0. The predicted molar refractivity (Wildman–Crippen MR) is 195 cm³/mol. The molecular weight excluding hydrogens is 648 g/mol. The standard InChI is InChI=1S/C39H42N6O6/c1-26-10-8-12-30(24-26)36(48)40-32-20-16-28(17-21-32)38(50)44-42-34(46)14-6-4-3-5-7-15-35(47)43-45-39(51)29-18-22-33(23-19-29)41-37(49)31-13-9-11-27(2)25-31/h8-13,16-25H,3-7,14-15H2,1-2H3,(H,40,48)(H,41,49)(H,42,46)(H,43,47)(H,44,50)(H,45,51). The van der Waals surface area contributed by atoms with Gasteiger partial charge in [-0.2, -0.15) is 0 Å². The molecule has 6 amide bonds. The topological polar surface area (TPSA) is 175 Å². The Morgan fingerprint density at radius 1 is 0.412 bits per heavy atom. The van der Waals surface area contributed by atoms with Crippen LogP contribution in [0.5, 0.6) is 0 Å². The van der Waals surface area contributed by atoms with Crippen molar-refractivity contribution in [1.82, 2.24) is 21.7 Å². The highest BCUT2D eigenvalue weighted by molar-refractivity contribution is 6.05. The first-order valence-electron chi connectivity index (χ1n) is 16.7. The molecule has 51 heavy (non-hydrogen) atoms. The number of rotatable bonds is 14. The molecule has 0 heterocycles. The molecule has 0 aromatic heterocycles. The Morgan fingerprint density at radius 3 is 1.16 bits per heavy atom. The number of carbonyl (C=O) groups excluding carboxylic acids is 6. The molecule has 0 saturated heterocycles. The number of amides is 6. The number of hydrogen-bond donors (Lipinski definition) is 6. The molecule has 0 spiro atoms. The molecule has 12 heteroatoms. The Bertz CT molecular complexity index is 1720. The first-order chi connectivity index (χ1) is 24.6. The van der Waals surface area contributed by atoms with E-state index >= 15 is 0 Å². The maximum absolute atomic E-state index is 12.4. The van der Waals surface area contributed by atoms with Gasteiger partial charge in [0.2, 0.25) is 11.8 Å². The molecule has 0 atom stereocenters. The van der Waals surface area contributed by atoms with Gasteiger partial charge in [0.25, 0.3) is 23.6 Å². The van der Waals surface area contributed by atoms with E-state index in [1.165, 1.54) is 0 Å². The molecular formula is C39H42N6O6. The van der Waals surface area contributed by atoms with Crippen LogP contribution < -0.4 is 32.3 Å². The first-order valence-corrected chi connectivity index (χ1v) is 16.7. The van der Waals surface area contributed by atoms with E-state index in [9.17, 15) is 28.8 Å². The van der Waals surface area contributed by atoms with Crippen molar-refractivity contribution >= 4 is 46.8 Å². The van der Waals surface area contributed by atoms with Crippen LogP contribution in [-0.4, -0.2) is 35.4 Å². The fourth-order valence-corrected chi connectivity index (χ4v) is 5.01. The number of anilines is 2. The summed E-state index contributed by atoms with van der Waals surface area (Å²) in [5, 5.41) is 5.58. The molecule has 0 aliphatic heterocycles. The summed E-state index contributed by atoms with van der Waals surface area (Å²) in [7, 11) is 0. The molecule has 4 rings (SSSR count). The number of nitrogens with one attached hydrogen (secondary N) is 6. The molecule has 4 aromatic carbocycles. The van der Waals surface area contributed by atoms with E-state index in [-0.39, 0.29) is 36.5 Å². The van der Waals surface area contributed by atoms with E-state index in [2.05, 4.69) is 32.3 Å². The lowest BCUT2D eigenvalue weighted by atomic mass is 10.1. The van der Waals surface area contributed by atoms with E-state index in [1.54, 1.807) is 72.8 Å². The average molecular weight is 691 g/mol. The monoisotopic (exact) mass is 690 g/mol. The van der Waals surface area contributed by atoms with Crippen LogP contribution in [0.25, 0.3) is 0 Å². The van der Waals surface area contributed by atoms with Crippen LogP contribution in [-0.2, 0) is 9.59 Å². The fourth-order valence-electron chi connectivity index (χ4n) is 5.01. The van der Waals surface area contributed by atoms with Crippen molar-refractivity contribution in [1.29, 1.82) is 0 Å². The third-order valence-corrected chi connectivity index (χ3v) is 7.81. The molecule has 0 aliphatic rings. The second-order valence-corrected chi connectivity index (χ2v) is 12.1. The summed E-state index contributed by atoms with van der Waals surface area (Å²) in [4.78, 5) is 74.0. The van der Waals surface area contributed by atoms with Gasteiger partial charge in [0.05, 0.1) is 0 Å². The third-order valence-electron chi connectivity index (χ3n) is 7.81. The largest absolute Gasteiger partial charge is 0.322 e. The summed E-state index contributed by atoms with van der Waals surface area (Å²) >= 11 is 0. The van der Waals surface area contributed by atoms with Crippen molar-refractivity contribution in [3.8, 4) is 0 Å². The van der Waals surface area contributed by atoms with Crippen LogP contribution in [0.1, 0.15) is 97.5 Å². The van der Waals surface area contributed by atoms with Gasteiger partial charge in [-0.3, -0.25) is 50.5 Å². The number of benzene rings is 4. The fraction of sp³-hybridized carbons (Fsp3) is 0.231. The lowest BCUT2D eigenvalue weighted by Gasteiger charge is -2.09. The van der Waals surface area contributed by atoms with Gasteiger partial charge in [-0.25, -0.2) is 0 Å². The van der Waals surface area contributed by atoms with Gasteiger partial charge < -0.3 is 10.6 Å². The maximum Gasteiger partial charge on any atom is 0.269 e. The molecule has 4 aromatic rings. The van der Waals surface area contributed by atoms with Gasteiger partial charge >= 0.3 is 0 Å².